The topological polar surface area (TPSA) is 67.9 Å². The second kappa shape index (κ2) is 8.07. The number of thiophene rings is 1. The molecule has 0 spiro atoms. The van der Waals surface area contributed by atoms with E-state index in [-0.39, 0.29) is 18.2 Å². The molecule has 1 aliphatic rings. The van der Waals surface area contributed by atoms with Gasteiger partial charge in [0.1, 0.15) is 11.5 Å². The number of nitrogens with one attached hydrogen (secondary N) is 1. The number of benzene rings is 2. The Bertz CT molecular complexity index is 1140. The van der Waals surface area contributed by atoms with Gasteiger partial charge in [-0.2, -0.15) is 0 Å². The molecule has 2 amide bonds. The van der Waals surface area contributed by atoms with E-state index in [1.807, 2.05) is 49.6 Å². The van der Waals surface area contributed by atoms with Crippen molar-refractivity contribution in [3.05, 3.63) is 69.9 Å². The van der Waals surface area contributed by atoms with Gasteiger partial charge in [0.05, 0.1) is 26.3 Å². The first kappa shape index (κ1) is 20.9. The van der Waals surface area contributed by atoms with Gasteiger partial charge in [-0.05, 0) is 60.7 Å². The minimum Gasteiger partial charge on any atom is -0.497 e. The van der Waals surface area contributed by atoms with E-state index in [0.717, 1.165) is 16.0 Å². The number of methoxy groups -OCH3 is 2. The molecule has 0 aliphatic carbocycles. The fraction of sp³-hybridized carbons (Fsp3) is 0.250. The van der Waals surface area contributed by atoms with E-state index in [1.165, 1.54) is 18.4 Å². The van der Waals surface area contributed by atoms with Crippen LogP contribution in [0.25, 0.3) is 0 Å². The quantitative estimate of drug-likeness (QED) is 0.571. The van der Waals surface area contributed by atoms with Crippen LogP contribution in [0.5, 0.6) is 11.5 Å². The maximum Gasteiger partial charge on any atom is 0.256 e. The molecule has 4 rings (SSSR count). The summed E-state index contributed by atoms with van der Waals surface area (Å²) in [7, 11) is 3.11. The summed E-state index contributed by atoms with van der Waals surface area (Å²) < 4.78 is 10.7. The minimum absolute atomic E-state index is 0.0894. The molecule has 2 aromatic carbocycles. The third-order valence-electron chi connectivity index (χ3n) is 5.75. The number of anilines is 2. The summed E-state index contributed by atoms with van der Waals surface area (Å²) in [6.07, 6.45) is 0.102. The summed E-state index contributed by atoms with van der Waals surface area (Å²) in [6, 6.07) is 14.8. The Balaban J connectivity index is 1.76. The summed E-state index contributed by atoms with van der Waals surface area (Å²) in [4.78, 5) is 29.0. The third-order valence-corrected chi connectivity index (χ3v) is 6.77. The largest absolute Gasteiger partial charge is 0.497 e. The number of hydrogen-bond donors (Lipinski definition) is 1. The molecule has 3 aromatic rings. The SMILES string of the molecule is COc1ccc(NC(=O)[C@@]2(c3cccs3)CC(=O)N2c2ccc(C)c(C)c2)c(OC)c1. The molecule has 1 fully saturated rings. The van der Waals surface area contributed by atoms with Gasteiger partial charge in [-0.3, -0.25) is 14.5 Å². The molecule has 7 heteroatoms. The monoisotopic (exact) mass is 436 g/mol. The second-order valence-electron chi connectivity index (χ2n) is 7.53. The number of ether oxygens (including phenoxy) is 2. The average Bonchev–Trinajstić information content (AvgIpc) is 3.29. The van der Waals surface area contributed by atoms with Crippen molar-refractivity contribution in [2.75, 3.05) is 24.4 Å². The number of hydrogen-bond acceptors (Lipinski definition) is 5. The van der Waals surface area contributed by atoms with Gasteiger partial charge in [0.25, 0.3) is 5.91 Å². The fourth-order valence-corrected chi connectivity index (χ4v) is 4.77. The van der Waals surface area contributed by atoms with E-state index in [0.29, 0.717) is 22.9 Å². The lowest BCUT2D eigenvalue weighted by molar-refractivity contribution is -0.137. The number of amides is 2. The molecule has 6 nitrogen and oxygen atoms in total. The van der Waals surface area contributed by atoms with Gasteiger partial charge in [-0.1, -0.05) is 12.1 Å². The van der Waals surface area contributed by atoms with Crippen molar-refractivity contribution in [3.63, 3.8) is 0 Å². The molecule has 0 saturated carbocycles. The first-order valence-electron chi connectivity index (χ1n) is 9.88. The van der Waals surface area contributed by atoms with Gasteiger partial charge in [0.15, 0.2) is 5.54 Å². The zero-order valence-electron chi connectivity index (χ0n) is 17.9. The highest BCUT2D eigenvalue weighted by Crippen LogP contribution is 2.48. The van der Waals surface area contributed by atoms with Gasteiger partial charge in [0.2, 0.25) is 5.91 Å². The maximum atomic E-state index is 13.7. The molecule has 1 atom stereocenters. The van der Waals surface area contributed by atoms with Crippen LogP contribution in [0.15, 0.2) is 53.9 Å². The van der Waals surface area contributed by atoms with Crippen molar-refractivity contribution in [2.24, 2.45) is 0 Å². The summed E-state index contributed by atoms with van der Waals surface area (Å²) in [5, 5.41) is 4.90. The van der Waals surface area contributed by atoms with Crippen LogP contribution in [0.3, 0.4) is 0 Å². The highest BCUT2D eigenvalue weighted by Gasteiger charge is 2.59. The van der Waals surface area contributed by atoms with Crippen LogP contribution in [-0.4, -0.2) is 26.0 Å². The highest BCUT2D eigenvalue weighted by atomic mass is 32.1. The number of carbonyl (C=O) groups is 2. The first-order chi connectivity index (χ1) is 14.9. The zero-order valence-corrected chi connectivity index (χ0v) is 18.7. The Morgan fingerprint density at radius 2 is 1.87 bits per heavy atom. The zero-order chi connectivity index (χ0) is 22.2. The standard InChI is InChI=1S/C24H24N2O4S/c1-15-7-8-17(12-16(15)2)26-22(27)14-24(26,21-6-5-11-31-21)23(28)25-19-10-9-18(29-3)13-20(19)30-4/h5-13H,14H2,1-4H3,(H,25,28)/t24-/m0/s1. The van der Waals surface area contributed by atoms with Crippen LogP contribution >= 0.6 is 11.3 Å². The molecular formula is C24H24N2O4S. The summed E-state index contributed by atoms with van der Waals surface area (Å²) >= 11 is 1.46. The van der Waals surface area contributed by atoms with Crippen molar-refractivity contribution in [1.29, 1.82) is 0 Å². The lowest BCUT2D eigenvalue weighted by Crippen LogP contribution is -2.67. The number of nitrogens with zero attached hydrogens (tertiary/aromatic N) is 1. The normalized spacial score (nSPS) is 17.8. The van der Waals surface area contributed by atoms with Crippen molar-refractivity contribution in [3.8, 4) is 11.5 Å². The molecule has 1 saturated heterocycles. The van der Waals surface area contributed by atoms with E-state index >= 15 is 0 Å². The average molecular weight is 437 g/mol. The van der Waals surface area contributed by atoms with Crippen LogP contribution in [0.4, 0.5) is 11.4 Å². The van der Waals surface area contributed by atoms with Gasteiger partial charge in [-0.25, -0.2) is 0 Å². The van der Waals surface area contributed by atoms with E-state index in [9.17, 15) is 9.59 Å². The van der Waals surface area contributed by atoms with Crippen molar-refractivity contribution in [2.45, 2.75) is 25.8 Å². The molecular weight excluding hydrogens is 412 g/mol. The molecule has 0 unspecified atom stereocenters. The van der Waals surface area contributed by atoms with Crippen molar-refractivity contribution < 1.29 is 19.1 Å². The Hall–Kier alpha value is -3.32. The number of β-lactam (4-membered cyclic amide) rings is 1. The molecule has 0 bridgehead atoms. The van der Waals surface area contributed by atoms with Gasteiger partial charge in [-0.15, -0.1) is 11.3 Å². The molecule has 160 valence electrons. The van der Waals surface area contributed by atoms with Gasteiger partial charge < -0.3 is 14.8 Å². The highest BCUT2D eigenvalue weighted by molar-refractivity contribution is 7.10. The maximum absolute atomic E-state index is 13.7. The predicted octanol–water partition coefficient (Wildman–Crippen LogP) is 4.65. The first-order valence-corrected chi connectivity index (χ1v) is 10.8. The Morgan fingerprint density at radius 3 is 2.48 bits per heavy atom. The van der Waals surface area contributed by atoms with Gasteiger partial charge >= 0.3 is 0 Å². The van der Waals surface area contributed by atoms with Crippen LogP contribution in [0.2, 0.25) is 0 Å². The summed E-state index contributed by atoms with van der Waals surface area (Å²) in [5.74, 6) is 0.737. The van der Waals surface area contributed by atoms with E-state index in [1.54, 1.807) is 30.2 Å². The number of aryl methyl sites for hydroxylation is 2. The lowest BCUT2D eigenvalue weighted by Gasteiger charge is -2.50. The van der Waals surface area contributed by atoms with Crippen molar-refractivity contribution >= 4 is 34.5 Å². The molecule has 1 aliphatic heterocycles. The van der Waals surface area contributed by atoms with E-state index in [4.69, 9.17) is 9.47 Å². The van der Waals surface area contributed by atoms with E-state index < -0.39 is 5.54 Å². The second-order valence-corrected chi connectivity index (χ2v) is 8.48. The molecule has 0 radical (unpaired) electrons. The summed E-state index contributed by atoms with van der Waals surface area (Å²) in [5.41, 5.74) is 2.31. The smallest absolute Gasteiger partial charge is 0.256 e. The van der Waals surface area contributed by atoms with E-state index in [2.05, 4.69) is 5.32 Å². The van der Waals surface area contributed by atoms with Crippen LogP contribution in [0, 0.1) is 13.8 Å². The molecule has 31 heavy (non-hydrogen) atoms. The minimum atomic E-state index is -1.11. The van der Waals surface area contributed by atoms with Crippen LogP contribution in [-0.2, 0) is 15.1 Å². The van der Waals surface area contributed by atoms with Gasteiger partial charge in [0, 0.05) is 16.6 Å². The Labute approximate surface area is 185 Å². The molecule has 1 aromatic heterocycles. The molecule has 2 heterocycles. The number of carbonyl (C=O) groups excluding carboxylic acids is 2. The van der Waals surface area contributed by atoms with Crippen LogP contribution in [0.1, 0.15) is 22.4 Å². The predicted molar refractivity (Wildman–Crippen MR) is 122 cm³/mol. The van der Waals surface area contributed by atoms with Crippen molar-refractivity contribution in [1.82, 2.24) is 0 Å². The Morgan fingerprint density at radius 1 is 1.06 bits per heavy atom. The lowest BCUT2D eigenvalue weighted by atomic mass is 9.80. The summed E-state index contributed by atoms with van der Waals surface area (Å²) in [6.45, 7) is 4.02. The van der Waals surface area contributed by atoms with Crippen LogP contribution < -0.4 is 19.7 Å². The third kappa shape index (κ3) is 3.45. The number of rotatable bonds is 6. The molecule has 1 N–H and O–H groups in total. The Kier molecular flexibility index (Phi) is 5.45. The fourth-order valence-electron chi connectivity index (χ4n) is 3.86.